The monoisotopic (exact) mass is 265 g/mol. The first-order valence-corrected chi connectivity index (χ1v) is 7.46. The molecule has 3 atom stereocenters. The molecular formula is C15H27N3O. The maximum atomic E-state index is 5.31. The average molecular weight is 265 g/mol. The molecule has 19 heavy (non-hydrogen) atoms. The van der Waals surface area contributed by atoms with Crippen LogP contribution in [-0.4, -0.2) is 35.2 Å². The van der Waals surface area contributed by atoms with Gasteiger partial charge in [-0.1, -0.05) is 12.1 Å². The van der Waals surface area contributed by atoms with Gasteiger partial charge < -0.3 is 9.84 Å². The summed E-state index contributed by atoms with van der Waals surface area (Å²) in [5, 5.41) is 7.66. The maximum absolute atomic E-state index is 5.31. The van der Waals surface area contributed by atoms with Gasteiger partial charge in [0.05, 0.1) is 5.69 Å². The molecule has 0 aliphatic carbocycles. The van der Waals surface area contributed by atoms with Crippen molar-refractivity contribution in [1.82, 2.24) is 15.4 Å². The molecule has 4 nitrogen and oxygen atoms in total. The minimum atomic E-state index is 0.392. The third-order valence-electron chi connectivity index (χ3n) is 4.42. The van der Waals surface area contributed by atoms with E-state index in [0.717, 1.165) is 24.5 Å². The lowest BCUT2D eigenvalue weighted by Gasteiger charge is -2.41. The third-order valence-corrected chi connectivity index (χ3v) is 4.42. The number of piperidine rings is 1. The summed E-state index contributed by atoms with van der Waals surface area (Å²) in [6, 6.07) is 1.67. The lowest BCUT2D eigenvalue weighted by Crippen LogP contribution is -2.48. The maximum Gasteiger partial charge on any atom is 0.138 e. The molecule has 0 aromatic carbocycles. The van der Waals surface area contributed by atoms with Crippen molar-refractivity contribution >= 4 is 0 Å². The zero-order valence-corrected chi connectivity index (χ0v) is 12.9. The molecule has 0 bridgehead atoms. The molecule has 0 saturated carbocycles. The predicted octanol–water partition coefficient (Wildman–Crippen LogP) is 2.81. The van der Waals surface area contributed by atoms with Gasteiger partial charge in [0.15, 0.2) is 0 Å². The highest BCUT2D eigenvalue weighted by Gasteiger charge is 2.31. The SMILES string of the molecule is CCNC1CCN(C(C)c2c(C)noc2C)C(C)C1. The molecule has 3 unspecified atom stereocenters. The van der Waals surface area contributed by atoms with Crippen LogP contribution in [0.4, 0.5) is 0 Å². The Balaban J connectivity index is 2.07. The average Bonchev–Trinajstić information content (AvgIpc) is 2.69. The number of aryl methyl sites for hydroxylation is 2. The van der Waals surface area contributed by atoms with Crippen LogP contribution in [0, 0.1) is 13.8 Å². The Kier molecular flexibility index (Phi) is 4.63. The molecule has 1 saturated heterocycles. The van der Waals surface area contributed by atoms with Crippen molar-refractivity contribution in [3.8, 4) is 0 Å². The van der Waals surface area contributed by atoms with E-state index in [9.17, 15) is 0 Å². The van der Waals surface area contributed by atoms with Crippen molar-refractivity contribution in [3.05, 3.63) is 17.0 Å². The molecule has 2 rings (SSSR count). The normalized spacial score (nSPS) is 26.6. The van der Waals surface area contributed by atoms with Crippen molar-refractivity contribution in [2.24, 2.45) is 0 Å². The number of hydrogen-bond acceptors (Lipinski definition) is 4. The molecule has 108 valence electrons. The Morgan fingerprint density at radius 1 is 1.47 bits per heavy atom. The van der Waals surface area contributed by atoms with Gasteiger partial charge in [-0.2, -0.15) is 0 Å². The van der Waals surface area contributed by atoms with Crippen molar-refractivity contribution < 1.29 is 4.52 Å². The first-order chi connectivity index (χ1) is 9.04. The van der Waals surface area contributed by atoms with Crippen LogP contribution in [0.1, 0.15) is 56.7 Å². The third kappa shape index (κ3) is 3.00. The van der Waals surface area contributed by atoms with Crippen molar-refractivity contribution in [1.29, 1.82) is 0 Å². The summed E-state index contributed by atoms with van der Waals surface area (Å²) in [5.41, 5.74) is 2.31. The highest BCUT2D eigenvalue weighted by Crippen LogP contribution is 2.31. The molecule has 1 aromatic heterocycles. The molecule has 1 aliphatic heterocycles. The Morgan fingerprint density at radius 2 is 2.21 bits per heavy atom. The van der Waals surface area contributed by atoms with E-state index < -0.39 is 0 Å². The molecule has 1 aromatic rings. The van der Waals surface area contributed by atoms with Crippen LogP contribution in [0.25, 0.3) is 0 Å². The van der Waals surface area contributed by atoms with E-state index >= 15 is 0 Å². The van der Waals surface area contributed by atoms with Crippen LogP contribution in [-0.2, 0) is 0 Å². The van der Waals surface area contributed by atoms with E-state index in [-0.39, 0.29) is 0 Å². The van der Waals surface area contributed by atoms with Crippen LogP contribution in [0.2, 0.25) is 0 Å². The van der Waals surface area contributed by atoms with Crippen LogP contribution in [0.5, 0.6) is 0 Å². The summed E-state index contributed by atoms with van der Waals surface area (Å²) in [4.78, 5) is 2.58. The van der Waals surface area contributed by atoms with Crippen molar-refractivity contribution in [3.63, 3.8) is 0 Å². The van der Waals surface area contributed by atoms with Crippen LogP contribution in [0.15, 0.2) is 4.52 Å². The van der Waals surface area contributed by atoms with E-state index in [1.165, 1.54) is 18.4 Å². The largest absolute Gasteiger partial charge is 0.361 e. The van der Waals surface area contributed by atoms with Gasteiger partial charge in [-0.15, -0.1) is 0 Å². The molecule has 1 aliphatic rings. The summed E-state index contributed by atoms with van der Waals surface area (Å²) < 4.78 is 5.31. The summed E-state index contributed by atoms with van der Waals surface area (Å²) in [5.74, 6) is 0.964. The van der Waals surface area contributed by atoms with Gasteiger partial charge in [-0.25, -0.2) is 0 Å². The molecule has 0 spiro atoms. The minimum absolute atomic E-state index is 0.392. The number of likely N-dealkylation sites (tertiary alicyclic amines) is 1. The fourth-order valence-electron chi connectivity index (χ4n) is 3.49. The number of nitrogens with one attached hydrogen (secondary N) is 1. The first kappa shape index (κ1) is 14.5. The number of hydrogen-bond donors (Lipinski definition) is 1. The van der Waals surface area contributed by atoms with Gasteiger partial charge in [0, 0.05) is 30.2 Å². The van der Waals surface area contributed by atoms with Crippen LogP contribution < -0.4 is 5.32 Å². The second kappa shape index (κ2) is 6.06. The lowest BCUT2D eigenvalue weighted by atomic mass is 9.94. The van der Waals surface area contributed by atoms with E-state index in [2.05, 4.69) is 36.1 Å². The Morgan fingerprint density at radius 3 is 2.74 bits per heavy atom. The number of rotatable bonds is 4. The number of aromatic nitrogens is 1. The molecule has 0 amide bonds. The van der Waals surface area contributed by atoms with Gasteiger partial charge in [0.25, 0.3) is 0 Å². The van der Waals surface area contributed by atoms with Crippen LogP contribution in [0.3, 0.4) is 0 Å². The molecule has 1 fully saturated rings. The predicted molar refractivity (Wildman–Crippen MR) is 77.3 cm³/mol. The van der Waals surface area contributed by atoms with Gasteiger partial charge in [-0.05, 0) is 47.1 Å². The Labute approximate surface area is 116 Å². The summed E-state index contributed by atoms with van der Waals surface area (Å²) in [6.07, 6.45) is 2.45. The highest BCUT2D eigenvalue weighted by atomic mass is 16.5. The van der Waals surface area contributed by atoms with Crippen molar-refractivity contribution in [2.75, 3.05) is 13.1 Å². The second-order valence-corrected chi connectivity index (χ2v) is 5.78. The van der Waals surface area contributed by atoms with E-state index in [4.69, 9.17) is 4.52 Å². The van der Waals surface area contributed by atoms with Crippen LogP contribution >= 0.6 is 0 Å². The summed E-state index contributed by atoms with van der Waals surface area (Å²) in [7, 11) is 0. The fraction of sp³-hybridized carbons (Fsp3) is 0.800. The molecular weight excluding hydrogens is 238 g/mol. The summed E-state index contributed by atoms with van der Waals surface area (Å²) in [6.45, 7) is 13.1. The van der Waals surface area contributed by atoms with Gasteiger partial charge >= 0.3 is 0 Å². The molecule has 2 heterocycles. The Bertz CT molecular complexity index is 396. The molecule has 1 N–H and O–H groups in total. The molecule has 0 radical (unpaired) electrons. The van der Waals surface area contributed by atoms with E-state index in [1.54, 1.807) is 0 Å². The van der Waals surface area contributed by atoms with Gasteiger partial charge in [0.1, 0.15) is 5.76 Å². The quantitative estimate of drug-likeness (QED) is 0.909. The number of nitrogens with zero attached hydrogens (tertiary/aromatic N) is 2. The summed E-state index contributed by atoms with van der Waals surface area (Å²) >= 11 is 0. The standard InChI is InChI=1S/C15H27N3O/c1-6-16-14-7-8-18(10(2)9-14)12(4)15-11(3)17-19-13(15)5/h10,12,14,16H,6-9H2,1-5H3. The smallest absolute Gasteiger partial charge is 0.138 e. The first-order valence-electron chi connectivity index (χ1n) is 7.46. The van der Waals surface area contributed by atoms with E-state index in [0.29, 0.717) is 18.1 Å². The topological polar surface area (TPSA) is 41.3 Å². The Hall–Kier alpha value is -0.870. The van der Waals surface area contributed by atoms with E-state index in [1.807, 2.05) is 13.8 Å². The second-order valence-electron chi connectivity index (χ2n) is 5.78. The molecule has 4 heteroatoms. The van der Waals surface area contributed by atoms with Crippen molar-refractivity contribution in [2.45, 2.75) is 65.6 Å². The minimum Gasteiger partial charge on any atom is -0.361 e. The highest BCUT2D eigenvalue weighted by molar-refractivity contribution is 5.24. The zero-order valence-electron chi connectivity index (χ0n) is 12.9. The fourth-order valence-corrected chi connectivity index (χ4v) is 3.49. The lowest BCUT2D eigenvalue weighted by molar-refractivity contribution is 0.0951. The van der Waals surface area contributed by atoms with Gasteiger partial charge in [0.2, 0.25) is 0 Å². The van der Waals surface area contributed by atoms with Gasteiger partial charge in [-0.3, -0.25) is 4.90 Å². The zero-order chi connectivity index (χ0) is 14.0.